The Balaban J connectivity index is 3.09. The zero-order chi connectivity index (χ0) is 14.3. The molecule has 0 aromatic rings. The van der Waals surface area contributed by atoms with Crippen LogP contribution in [0.25, 0.3) is 0 Å². The van der Waals surface area contributed by atoms with E-state index in [-0.39, 0.29) is 16.7 Å². The van der Waals surface area contributed by atoms with Crippen molar-refractivity contribution in [3.8, 4) is 0 Å². The Bertz CT molecular complexity index is 404. The largest absolute Gasteiger partial charge is 0.490 e. The van der Waals surface area contributed by atoms with Crippen LogP contribution in [0.4, 0.5) is 0 Å². The van der Waals surface area contributed by atoms with Gasteiger partial charge in [-0.1, -0.05) is 25.4 Å². The Hall–Kier alpha value is -1.03. The monoisotopic (exact) mass is 274 g/mol. The van der Waals surface area contributed by atoms with Crippen molar-refractivity contribution in [3.63, 3.8) is 0 Å². The second kappa shape index (κ2) is 4.57. The van der Waals surface area contributed by atoms with Gasteiger partial charge in [0.2, 0.25) is 0 Å². The summed E-state index contributed by atoms with van der Waals surface area (Å²) in [5.74, 6) is -1.53. The first-order chi connectivity index (χ1) is 8.02. The van der Waals surface area contributed by atoms with Gasteiger partial charge in [-0.3, -0.25) is 9.59 Å². The first-order valence-corrected chi connectivity index (χ1v) is 6.17. The van der Waals surface area contributed by atoms with Gasteiger partial charge in [-0.05, 0) is 26.2 Å². The van der Waals surface area contributed by atoms with Crippen LogP contribution in [-0.2, 0) is 14.3 Å². The van der Waals surface area contributed by atoms with Crippen molar-refractivity contribution in [3.05, 3.63) is 10.8 Å². The number of carboxylic acids is 1. The van der Waals surface area contributed by atoms with Crippen LogP contribution >= 0.6 is 11.6 Å². The van der Waals surface area contributed by atoms with Crippen molar-refractivity contribution >= 4 is 23.9 Å². The summed E-state index contributed by atoms with van der Waals surface area (Å²) in [4.78, 5) is 22.0. The van der Waals surface area contributed by atoms with E-state index in [1.807, 2.05) is 34.6 Å². The van der Waals surface area contributed by atoms with Crippen LogP contribution in [0.3, 0.4) is 0 Å². The van der Waals surface area contributed by atoms with Gasteiger partial charge in [0.15, 0.2) is 6.29 Å². The lowest BCUT2D eigenvalue weighted by molar-refractivity contribution is -0.139. The predicted molar refractivity (Wildman–Crippen MR) is 68.2 cm³/mol. The van der Waals surface area contributed by atoms with Gasteiger partial charge in [-0.25, -0.2) is 0 Å². The molecule has 2 atom stereocenters. The molecule has 102 valence electrons. The van der Waals surface area contributed by atoms with Gasteiger partial charge < -0.3 is 9.84 Å². The number of carbonyl (C=O) groups excluding carboxylic acids is 1. The lowest BCUT2D eigenvalue weighted by atomic mass is 10.1. The van der Waals surface area contributed by atoms with E-state index in [9.17, 15) is 9.59 Å². The first kappa shape index (κ1) is 15.0. The van der Waals surface area contributed by atoms with E-state index < -0.39 is 22.9 Å². The van der Waals surface area contributed by atoms with Gasteiger partial charge in [0.25, 0.3) is 0 Å². The second-order valence-corrected chi connectivity index (χ2v) is 6.57. The van der Waals surface area contributed by atoms with Crippen LogP contribution < -0.4 is 0 Å². The van der Waals surface area contributed by atoms with E-state index in [2.05, 4.69) is 0 Å². The van der Waals surface area contributed by atoms with Gasteiger partial charge >= 0.3 is 5.97 Å². The number of carbonyl (C=O) groups is 2. The van der Waals surface area contributed by atoms with E-state index in [0.29, 0.717) is 6.29 Å². The van der Waals surface area contributed by atoms with E-state index in [0.717, 1.165) is 0 Å². The number of hydrogen-bond acceptors (Lipinski definition) is 3. The smallest absolute Gasteiger partial charge is 0.307 e. The fourth-order valence-corrected chi connectivity index (χ4v) is 2.39. The van der Waals surface area contributed by atoms with Gasteiger partial charge in [-0.15, -0.1) is 0 Å². The van der Waals surface area contributed by atoms with Crippen LogP contribution in [0.1, 0.15) is 34.6 Å². The normalized spacial score (nSPS) is 27.2. The molecule has 0 saturated heterocycles. The molecule has 0 aliphatic heterocycles. The summed E-state index contributed by atoms with van der Waals surface area (Å²) >= 11 is 5.86. The molecule has 1 saturated carbocycles. The summed E-state index contributed by atoms with van der Waals surface area (Å²) < 4.78 is 5.68. The average molecular weight is 275 g/mol. The third-order valence-corrected chi connectivity index (χ3v) is 3.41. The lowest BCUT2D eigenvalue weighted by Gasteiger charge is -2.24. The second-order valence-electron chi connectivity index (χ2n) is 6.16. The Labute approximate surface area is 112 Å². The van der Waals surface area contributed by atoms with Crippen molar-refractivity contribution in [2.75, 3.05) is 0 Å². The number of allylic oxidation sites excluding steroid dienone is 2. The zero-order valence-corrected chi connectivity index (χ0v) is 12.0. The Kier molecular flexibility index (Phi) is 3.82. The molecule has 0 radical (unpaired) electrons. The first-order valence-electron chi connectivity index (χ1n) is 5.79. The molecule has 5 heteroatoms. The molecule has 1 rings (SSSR count). The molecule has 1 N–H and O–H groups in total. The van der Waals surface area contributed by atoms with Crippen LogP contribution in [0, 0.1) is 17.3 Å². The van der Waals surface area contributed by atoms with Gasteiger partial charge in [0.1, 0.15) is 16.4 Å². The summed E-state index contributed by atoms with van der Waals surface area (Å²) in [6, 6.07) is 0. The summed E-state index contributed by atoms with van der Waals surface area (Å²) in [6.45, 7) is 9.14. The predicted octanol–water partition coefficient (Wildman–Crippen LogP) is 2.81. The van der Waals surface area contributed by atoms with E-state index in [1.54, 1.807) is 0 Å². The Morgan fingerprint density at radius 1 is 1.33 bits per heavy atom. The molecule has 4 nitrogen and oxygen atoms in total. The summed E-state index contributed by atoms with van der Waals surface area (Å²) in [5.41, 5.74) is -0.976. The van der Waals surface area contributed by atoms with Crippen molar-refractivity contribution in [1.29, 1.82) is 0 Å². The molecule has 0 aromatic carbocycles. The maximum Gasteiger partial charge on any atom is 0.307 e. The molecule has 1 aliphatic rings. The quantitative estimate of drug-likeness (QED) is 0.486. The molecule has 18 heavy (non-hydrogen) atoms. The van der Waals surface area contributed by atoms with Crippen molar-refractivity contribution < 1.29 is 19.4 Å². The highest BCUT2D eigenvalue weighted by molar-refractivity contribution is 6.38. The SMILES string of the molecule is CC(C)(C)OC(=C(Cl)C=O)C1C(C(=O)O)C1(C)C. The number of rotatable bonds is 4. The van der Waals surface area contributed by atoms with Crippen molar-refractivity contribution in [2.45, 2.75) is 40.2 Å². The molecule has 0 heterocycles. The molecule has 1 aliphatic carbocycles. The van der Waals surface area contributed by atoms with Crippen LogP contribution in [0.2, 0.25) is 0 Å². The Morgan fingerprint density at radius 3 is 2.11 bits per heavy atom. The molecule has 0 aromatic heterocycles. The molecular formula is C13H19ClO4. The maximum atomic E-state index is 11.2. The highest BCUT2D eigenvalue weighted by atomic mass is 35.5. The minimum atomic E-state index is -0.893. The van der Waals surface area contributed by atoms with Crippen LogP contribution in [-0.4, -0.2) is 23.0 Å². The van der Waals surface area contributed by atoms with Crippen molar-refractivity contribution in [1.82, 2.24) is 0 Å². The Morgan fingerprint density at radius 2 is 1.83 bits per heavy atom. The topological polar surface area (TPSA) is 63.6 Å². The van der Waals surface area contributed by atoms with E-state index in [1.165, 1.54) is 0 Å². The summed E-state index contributed by atoms with van der Waals surface area (Å²) in [5, 5.41) is 9.10. The molecule has 1 fully saturated rings. The van der Waals surface area contributed by atoms with E-state index in [4.69, 9.17) is 21.4 Å². The summed E-state index contributed by atoms with van der Waals surface area (Å²) in [6.07, 6.45) is 0.496. The maximum absolute atomic E-state index is 11.2. The van der Waals surface area contributed by atoms with Crippen molar-refractivity contribution in [2.24, 2.45) is 17.3 Å². The fraction of sp³-hybridized carbons (Fsp3) is 0.692. The minimum Gasteiger partial charge on any atom is -0.490 e. The fourth-order valence-electron chi connectivity index (χ4n) is 2.24. The standard InChI is InChI=1S/C13H19ClO4/c1-12(2,3)18-10(7(14)6-15)8-9(11(16)17)13(8,4)5/h6,8-9H,1-5H3,(H,16,17). The highest BCUT2D eigenvalue weighted by Crippen LogP contribution is 2.62. The number of carboxylic acid groups (broad SMARTS) is 1. The number of halogens is 1. The zero-order valence-electron chi connectivity index (χ0n) is 11.3. The van der Waals surface area contributed by atoms with Crippen LogP contribution in [0.5, 0.6) is 0 Å². The van der Waals surface area contributed by atoms with Gasteiger partial charge in [-0.2, -0.15) is 0 Å². The highest BCUT2D eigenvalue weighted by Gasteiger charge is 2.65. The third kappa shape index (κ3) is 2.86. The molecular weight excluding hydrogens is 256 g/mol. The van der Waals surface area contributed by atoms with Gasteiger partial charge in [0.05, 0.1) is 5.92 Å². The number of ether oxygens (including phenoxy) is 1. The number of aldehydes is 1. The molecule has 2 unspecified atom stereocenters. The molecule has 0 bridgehead atoms. The summed E-state index contributed by atoms with van der Waals surface area (Å²) in [7, 11) is 0. The van der Waals surface area contributed by atoms with Crippen LogP contribution in [0.15, 0.2) is 10.8 Å². The molecule has 0 spiro atoms. The third-order valence-electron chi connectivity index (χ3n) is 3.13. The number of aliphatic carboxylic acids is 1. The van der Waals surface area contributed by atoms with Gasteiger partial charge in [0, 0.05) is 5.92 Å². The average Bonchev–Trinajstić information content (AvgIpc) is 2.75. The molecule has 0 amide bonds. The number of hydrogen-bond donors (Lipinski definition) is 1. The lowest BCUT2D eigenvalue weighted by Crippen LogP contribution is -2.21. The minimum absolute atomic E-state index is 0.0493. The van der Waals surface area contributed by atoms with E-state index >= 15 is 0 Å².